The molecule has 198 valence electrons. The Morgan fingerprint density at radius 3 is 2.83 bits per heavy atom. The summed E-state index contributed by atoms with van der Waals surface area (Å²) < 4.78 is 0. The highest BCUT2D eigenvalue weighted by Gasteiger charge is 2.24. The highest BCUT2D eigenvalue weighted by molar-refractivity contribution is 6.00. The van der Waals surface area contributed by atoms with E-state index in [1.54, 1.807) is 12.4 Å². The third kappa shape index (κ3) is 4.89. The minimum Gasteiger partial charge on any atom is -0.371 e. The van der Waals surface area contributed by atoms with E-state index in [-0.39, 0.29) is 5.78 Å². The quantitative estimate of drug-likeness (QED) is 0.214. The molecule has 9 heteroatoms. The minimum atomic E-state index is 0.149. The van der Waals surface area contributed by atoms with Gasteiger partial charge >= 0.3 is 0 Å². The fraction of sp³-hybridized carbons (Fsp3) is 0.194. The predicted molar refractivity (Wildman–Crippen MR) is 157 cm³/mol. The van der Waals surface area contributed by atoms with Gasteiger partial charge in [0.05, 0.1) is 17.4 Å². The molecular formula is C31H28N8O. The topological polar surface area (TPSA) is 115 Å². The van der Waals surface area contributed by atoms with Crippen LogP contribution in [-0.4, -0.2) is 49.0 Å². The van der Waals surface area contributed by atoms with Crippen LogP contribution in [0.15, 0.2) is 85.5 Å². The lowest BCUT2D eigenvalue weighted by Gasteiger charge is -2.34. The molecule has 1 aliphatic rings. The van der Waals surface area contributed by atoms with Crippen molar-refractivity contribution in [3.63, 3.8) is 0 Å². The van der Waals surface area contributed by atoms with Gasteiger partial charge in [-0.25, -0.2) is 9.97 Å². The van der Waals surface area contributed by atoms with Crippen LogP contribution in [0.4, 0.5) is 17.2 Å². The molecule has 40 heavy (non-hydrogen) atoms. The average molecular weight is 529 g/mol. The Morgan fingerprint density at radius 1 is 0.975 bits per heavy atom. The molecule has 9 nitrogen and oxygen atoms in total. The molecule has 0 radical (unpaired) electrons. The molecule has 0 bridgehead atoms. The monoisotopic (exact) mass is 528 g/mol. The molecule has 0 spiro atoms. The van der Waals surface area contributed by atoms with Crippen molar-refractivity contribution in [3.05, 3.63) is 91.1 Å². The van der Waals surface area contributed by atoms with Crippen LogP contribution in [0.5, 0.6) is 0 Å². The third-order valence-electron chi connectivity index (χ3n) is 7.57. The number of hydrogen-bond acceptors (Lipinski definition) is 7. The molecule has 5 heterocycles. The number of ketones is 1. The van der Waals surface area contributed by atoms with Crippen LogP contribution in [0.3, 0.4) is 0 Å². The molecule has 1 fully saturated rings. The van der Waals surface area contributed by atoms with E-state index in [4.69, 9.17) is 4.98 Å². The Balaban J connectivity index is 1.06. The maximum absolute atomic E-state index is 13.3. The number of carbonyl (C=O) groups excluding carboxylic acids is 1. The lowest BCUT2D eigenvalue weighted by Crippen LogP contribution is -2.36. The van der Waals surface area contributed by atoms with E-state index in [1.807, 2.05) is 73.1 Å². The van der Waals surface area contributed by atoms with Crippen molar-refractivity contribution in [1.82, 2.24) is 30.1 Å². The van der Waals surface area contributed by atoms with Gasteiger partial charge in [-0.1, -0.05) is 12.1 Å². The summed E-state index contributed by atoms with van der Waals surface area (Å²) >= 11 is 0. The van der Waals surface area contributed by atoms with Crippen molar-refractivity contribution in [3.8, 4) is 11.4 Å². The Kier molecular flexibility index (Phi) is 6.16. The first-order chi connectivity index (χ1) is 19.7. The Hall–Kier alpha value is -5.05. The van der Waals surface area contributed by atoms with Crippen LogP contribution >= 0.6 is 0 Å². The van der Waals surface area contributed by atoms with Gasteiger partial charge in [-0.3, -0.25) is 14.9 Å². The first kappa shape index (κ1) is 24.0. The second-order valence-electron chi connectivity index (χ2n) is 10.3. The summed E-state index contributed by atoms with van der Waals surface area (Å²) in [6.45, 7) is 1.90. The van der Waals surface area contributed by atoms with Crippen LogP contribution < -0.4 is 10.2 Å². The number of nitrogens with one attached hydrogen (secondary N) is 3. The van der Waals surface area contributed by atoms with Crippen molar-refractivity contribution in [2.45, 2.75) is 19.3 Å². The number of aromatic nitrogens is 6. The zero-order chi connectivity index (χ0) is 26.9. The van der Waals surface area contributed by atoms with Gasteiger partial charge in [0.1, 0.15) is 5.82 Å². The zero-order valence-corrected chi connectivity index (χ0v) is 21.8. The molecule has 6 aromatic rings. The lowest BCUT2D eigenvalue weighted by molar-refractivity contribution is 0.0952. The van der Waals surface area contributed by atoms with Gasteiger partial charge in [0.15, 0.2) is 11.6 Å². The van der Waals surface area contributed by atoms with Crippen LogP contribution in [0.1, 0.15) is 29.8 Å². The summed E-state index contributed by atoms with van der Waals surface area (Å²) in [5.41, 5.74) is 5.50. The van der Waals surface area contributed by atoms with Gasteiger partial charge in [-0.05, 0) is 67.3 Å². The highest BCUT2D eigenvalue weighted by Crippen LogP contribution is 2.28. The molecule has 1 atom stereocenters. The highest BCUT2D eigenvalue weighted by atomic mass is 16.1. The second kappa shape index (κ2) is 10.3. The number of aromatic amines is 2. The number of hydrogen-bond donors (Lipinski definition) is 3. The maximum Gasteiger partial charge on any atom is 0.179 e. The lowest BCUT2D eigenvalue weighted by atomic mass is 9.92. The molecule has 2 aromatic carbocycles. The van der Waals surface area contributed by atoms with Crippen LogP contribution in [0, 0.1) is 5.92 Å². The smallest absolute Gasteiger partial charge is 0.179 e. The van der Waals surface area contributed by atoms with Gasteiger partial charge in [0.2, 0.25) is 0 Å². The van der Waals surface area contributed by atoms with Crippen molar-refractivity contribution in [2.24, 2.45) is 5.92 Å². The van der Waals surface area contributed by atoms with E-state index in [2.05, 4.69) is 35.4 Å². The van der Waals surface area contributed by atoms with Gasteiger partial charge in [0.25, 0.3) is 0 Å². The van der Waals surface area contributed by atoms with Crippen molar-refractivity contribution >= 4 is 44.8 Å². The van der Waals surface area contributed by atoms with E-state index in [0.717, 1.165) is 59.0 Å². The molecule has 1 unspecified atom stereocenters. The fourth-order valence-electron chi connectivity index (χ4n) is 5.55. The Bertz CT molecular complexity index is 1810. The van der Waals surface area contributed by atoms with Gasteiger partial charge < -0.3 is 15.2 Å². The number of carbonyl (C=O) groups is 1. The molecule has 1 aliphatic heterocycles. The molecular weight excluding hydrogens is 500 g/mol. The van der Waals surface area contributed by atoms with E-state index in [0.29, 0.717) is 29.7 Å². The number of fused-ring (bicyclic) bond motifs is 2. The number of H-pyrrole nitrogens is 2. The third-order valence-corrected chi connectivity index (χ3v) is 7.57. The summed E-state index contributed by atoms with van der Waals surface area (Å²) in [7, 11) is 0. The van der Waals surface area contributed by atoms with Crippen molar-refractivity contribution in [1.29, 1.82) is 0 Å². The summed E-state index contributed by atoms with van der Waals surface area (Å²) in [5.74, 6) is 1.78. The predicted octanol–water partition coefficient (Wildman–Crippen LogP) is 6.13. The molecule has 7 rings (SSSR count). The van der Waals surface area contributed by atoms with E-state index >= 15 is 0 Å². The normalized spacial score (nSPS) is 15.5. The van der Waals surface area contributed by atoms with Crippen LogP contribution in [0.25, 0.3) is 33.2 Å². The average Bonchev–Trinajstić information content (AvgIpc) is 3.64. The van der Waals surface area contributed by atoms with E-state index in [1.165, 1.54) is 5.69 Å². The number of Topliss-reactive ketones (excluding diaryl/α,β-unsaturated/α-hetero) is 1. The number of piperidine rings is 1. The minimum absolute atomic E-state index is 0.149. The van der Waals surface area contributed by atoms with Crippen molar-refractivity contribution in [2.75, 3.05) is 23.3 Å². The Morgan fingerprint density at radius 2 is 1.90 bits per heavy atom. The zero-order valence-electron chi connectivity index (χ0n) is 21.8. The first-order valence-corrected chi connectivity index (χ1v) is 13.5. The number of pyridine rings is 1. The van der Waals surface area contributed by atoms with Crippen molar-refractivity contribution < 1.29 is 4.79 Å². The number of benzene rings is 2. The number of nitrogens with zero attached hydrogens (tertiary/aromatic N) is 5. The molecule has 3 N–H and O–H groups in total. The number of anilines is 3. The van der Waals surface area contributed by atoms with E-state index < -0.39 is 0 Å². The van der Waals surface area contributed by atoms with Crippen LogP contribution in [0.2, 0.25) is 0 Å². The second-order valence-corrected chi connectivity index (χ2v) is 10.3. The molecule has 1 saturated heterocycles. The van der Waals surface area contributed by atoms with Gasteiger partial charge in [-0.15, -0.1) is 0 Å². The summed E-state index contributed by atoms with van der Waals surface area (Å²) in [5, 5.41) is 12.4. The number of rotatable bonds is 7. The SMILES string of the molecule is O=C(CC1CCCN(c2ccncc2)C1)c1cc2ccc(-c3nccc(Nc4ccc5[nH]ncc5c4)n3)cc2[nH]1. The van der Waals surface area contributed by atoms with E-state index in [9.17, 15) is 4.79 Å². The van der Waals surface area contributed by atoms with Crippen LogP contribution in [-0.2, 0) is 0 Å². The summed E-state index contributed by atoms with van der Waals surface area (Å²) in [6.07, 6.45) is 9.86. The maximum atomic E-state index is 13.3. The van der Waals surface area contributed by atoms with Gasteiger partial charge in [0, 0.05) is 71.3 Å². The standard InChI is InChI=1S/C31H28N8O/c40-29(14-20-2-1-13-39(19-20)25-7-10-32-11-8-25)28-16-21-3-4-22(17-27(21)36-28)31-33-12-9-30(37-31)35-24-5-6-26-23(15-24)18-34-38-26/h3-12,15-18,20,36H,1-2,13-14,19H2,(H,34,38)(H,33,35,37). The summed E-state index contributed by atoms with van der Waals surface area (Å²) in [6, 6.07) is 19.9. The Labute approximate surface area is 230 Å². The molecule has 0 aliphatic carbocycles. The van der Waals surface area contributed by atoms with Gasteiger partial charge in [-0.2, -0.15) is 5.10 Å². The molecule has 4 aromatic heterocycles. The molecule has 0 amide bonds. The summed E-state index contributed by atoms with van der Waals surface area (Å²) in [4.78, 5) is 32.3. The first-order valence-electron chi connectivity index (χ1n) is 13.5. The largest absolute Gasteiger partial charge is 0.371 e. The fourth-order valence-corrected chi connectivity index (χ4v) is 5.55. The molecule has 0 saturated carbocycles.